The average molecular weight is 378 g/mol. The van der Waals surface area contributed by atoms with Crippen LogP contribution >= 0.6 is 23.2 Å². The Labute approximate surface area is 158 Å². The van der Waals surface area contributed by atoms with E-state index in [9.17, 15) is 4.79 Å². The number of hydrogen-bond acceptors (Lipinski definition) is 2. The molecule has 5 heteroatoms. The first-order valence-corrected chi connectivity index (χ1v) is 9.29. The van der Waals surface area contributed by atoms with Crippen molar-refractivity contribution in [3.63, 3.8) is 0 Å². The van der Waals surface area contributed by atoms with Gasteiger partial charge in [0.2, 0.25) is 0 Å². The molecular formula is C20H21Cl2NO2. The highest BCUT2D eigenvalue weighted by atomic mass is 35.5. The van der Waals surface area contributed by atoms with Gasteiger partial charge in [-0.05, 0) is 67.5 Å². The van der Waals surface area contributed by atoms with Gasteiger partial charge in [-0.1, -0.05) is 41.4 Å². The lowest BCUT2D eigenvalue weighted by atomic mass is 9.91. The van der Waals surface area contributed by atoms with E-state index in [4.69, 9.17) is 27.9 Å². The molecular weight excluding hydrogens is 357 g/mol. The lowest BCUT2D eigenvalue weighted by molar-refractivity contribution is -0.127. The van der Waals surface area contributed by atoms with Crippen LogP contribution < -0.4 is 10.1 Å². The number of carbonyl (C=O) groups is 1. The number of carbonyl (C=O) groups excluding carboxylic acids is 1. The molecule has 2 aromatic rings. The van der Waals surface area contributed by atoms with E-state index in [0.29, 0.717) is 16.6 Å². The Morgan fingerprint density at radius 3 is 2.80 bits per heavy atom. The van der Waals surface area contributed by atoms with Crippen LogP contribution in [-0.2, 0) is 24.2 Å². The van der Waals surface area contributed by atoms with Crippen LogP contribution in [0.25, 0.3) is 0 Å². The second-order valence-corrected chi connectivity index (χ2v) is 7.16. The number of ether oxygens (including phenoxy) is 1. The SMILES string of the molecule is C[C@H](Oc1cccc2c1CCCC2)C(=O)NCc1ccc(Cl)cc1Cl. The van der Waals surface area contributed by atoms with Crippen molar-refractivity contribution < 1.29 is 9.53 Å². The molecule has 1 amide bonds. The predicted octanol–water partition coefficient (Wildman–Crippen LogP) is 4.96. The van der Waals surface area contributed by atoms with Crippen LogP contribution in [0.1, 0.15) is 36.5 Å². The summed E-state index contributed by atoms with van der Waals surface area (Å²) in [5, 5.41) is 3.98. The number of aryl methyl sites for hydroxylation is 1. The largest absolute Gasteiger partial charge is 0.481 e. The summed E-state index contributed by atoms with van der Waals surface area (Å²) in [6, 6.07) is 11.3. The standard InChI is InChI=1S/C20H21Cl2NO2/c1-13(20(24)23-12-15-9-10-16(21)11-18(15)22)25-19-8-4-6-14-5-2-3-7-17(14)19/h4,6,8-11,13H,2-3,5,7,12H2,1H3,(H,23,24)/t13-/m0/s1. The van der Waals surface area contributed by atoms with E-state index in [1.54, 1.807) is 19.1 Å². The molecule has 1 aliphatic carbocycles. The molecule has 0 saturated heterocycles. The zero-order chi connectivity index (χ0) is 17.8. The van der Waals surface area contributed by atoms with Gasteiger partial charge in [-0.2, -0.15) is 0 Å². The number of fused-ring (bicyclic) bond motifs is 1. The molecule has 132 valence electrons. The zero-order valence-corrected chi connectivity index (χ0v) is 15.7. The van der Waals surface area contributed by atoms with E-state index in [0.717, 1.165) is 24.2 Å². The lowest BCUT2D eigenvalue weighted by Gasteiger charge is -2.22. The fraction of sp³-hybridized carbons (Fsp3) is 0.350. The maximum absolute atomic E-state index is 12.4. The van der Waals surface area contributed by atoms with Crippen molar-refractivity contribution in [3.05, 3.63) is 63.1 Å². The molecule has 2 aromatic carbocycles. The fourth-order valence-electron chi connectivity index (χ4n) is 3.09. The van der Waals surface area contributed by atoms with Crippen molar-refractivity contribution in [1.29, 1.82) is 0 Å². The van der Waals surface area contributed by atoms with Crippen molar-refractivity contribution in [2.24, 2.45) is 0 Å². The van der Waals surface area contributed by atoms with Crippen molar-refractivity contribution >= 4 is 29.1 Å². The van der Waals surface area contributed by atoms with Crippen LogP contribution in [0, 0.1) is 0 Å². The first-order valence-electron chi connectivity index (χ1n) is 8.53. The molecule has 0 heterocycles. The van der Waals surface area contributed by atoms with Crippen molar-refractivity contribution in [2.75, 3.05) is 0 Å². The summed E-state index contributed by atoms with van der Waals surface area (Å²) in [4.78, 5) is 12.4. The summed E-state index contributed by atoms with van der Waals surface area (Å²) in [6.07, 6.45) is 3.92. The molecule has 1 atom stereocenters. The van der Waals surface area contributed by atoms with E-state index in [-0.39, 0.29) is 5.91 Å². The zero-order valence-electron chi connectivity index (χ0n) is 14.1. The third-order valence-electron chi connectivity index (χ3n) is 4.49. The number of halogens is 2. The van der Waals surface area contributed by atoms with Gasteiger partial charge in [0.1, 0.15) is 5.75 Å². The predicted molar refractivity (Wildman–Crippen MR) is 101 cm³/mol. The topological polar surface area (TPSA) is 38.3 Å². The van der Waals surface area contributed by atoms with Crippen LogP contribution in [0.2, 0.25) is 10.0 Å². The van der Waals surface area contributed by atoms with Crippen LogP contribution in [0.4, 0.5) is 0 Å². The van der Waals surface area contributed by atoms with Gasteiger partial charge in [0.05, 0.1) is 0 Å². The van der Waals surface area contributed by atoms with Gasteiger partial charge < -0.3 is 10.1 Å². The fourth-order valence-corrected chi connectivity index (χ4v) is 3.57. The molecule has 0 radical (unpaired) electrons. The highest BCUT2D eigenvalue weighted by Gasteiger charge is 2.19. The van der Waals surface area contributed by atoms with E-state index in [2.05, 4.69) is 11.4 Å². The highest BCUT2D eigenvalue weighted by Crippen LogP contribution is 2.30. The summed E-state index contributed by atoms with van der Waals surface area (Å²) >= 11 is 12.0. The summed E-state index contributed by atoms with van der Waals surface area (Å²) in [5.41, 5.74) is 3.40. The molecule has 1 aliphatic rings. The van der Waals surface area contributed by atoms with E-state index in [1.165, 1.54) is 24.0 Å². The molecule has 1 N–H and O–H groups in total. The molecule has 0 saturated carbocycles. The minimum Gasteiger partial charge on any atom is -0.481 e. The average Bonchev–Trinajstić information content (AvgIpc) is 2.61. The first-order chi connectivity index (χ1) is 12.0. The second-order valence-electron chi connectivity index (χ2n) is 6.31. The number of rotatable bonds is 5. The third-order valence-corrected chi connectivity index (χ3v) is 5.08. The Kier molecular flexibility index (Phi) is 5.87. The monoisotopic (exact) mass is 377 g/mol. The number of nitrogens with one attached hydrogen (secondary N) is 1. The number of amides is 1. The minimum atomic E-state index is -0.570. The highest BCUT2D eigenvalue weighted by molar-refractivity contribution is 6.35. The Balaban J connectivity index is 1.61. The van der Waals surface area contributed by atoms with E-state index >= 15 is 0 Å². The van der Waals surface area contributed by atoms with Gasteiger partial charge in [-0.15, -0.1) is 0 Å². The Morgan fingerprint density at radius 2 is 2.00 bits per heavy atom. The molecule has 0 fully saturated rings. The molecule has 0 aromatic heterocycles. The maximum atomic E-state index is 12.4. The van der Waals surface area contributed by atoms with Crippen LogP contribution in [0.3, 0.4) is 0 Å². The maximum Gasteiger partial charge on any atom is 0.261 e. The Bertz CT molecular complexity index is 776. The van der Waals surface area contributed by atoms with Crippen molar-refractivity contribution in [3.8, 4) is 5.75 Å². The lowest BCUT2D eigenvalue weighted by Crippen LogP contribution is -2.36. The van der Waals surface area contributed by atoms with Gasteiger partial charge >= 0.3 is 0 Å². The molecule has 25 heavy (non-hydrogen) atoms. The van der Waals surface area contributed by atoms with Gasteiger partial charge in [0.25, 0.3) is 5.91 Å². The molecule has 0 spiro atoms. The summed E-state index contributed by atoms with van der Waals surface area (Å²) in [7, 11) is 0. The summed E-state index contributed by atoms with van der Waals surface area (Å²) in [6.45, 7) is 2.11. The van der Waals surface area contributed by atoms with Crippen molar-refractivity contribution in [1.82, 2.24) is 5.32 Å². The normalized spacial score (nSPS) is 14.5. The van der Waals surface area contributed by atoms with E-state index in [1.807, 2.05) is 18.2 Å². The van der Waals surface area contributed by atoms with Gasteiger partial charge in [-0.3, -0.25) is 4.79 Å². The Hall–Kier alpha value is -1.71. The smallest absolute Gasteiger partial charge is 0.261 e. The molecule has 0 aliphatic heterocycles. The van der Waals surface area contributed by atoms with Gasteiger partial charge in [0.15, 0.2) is 6.10 Å². The molecule has 3 rings (SSSR count). The van der Waals surface area contributed by atoms with Crippen molar-refractivity contribution in [2.45, 2.75) is 45.3 Å². The van der Waals surface area contributed by atoms with Crippen LogP contribution in [-0.4, -0.2) is 12.0 Å². The number of hydrogen-bond donors (Lipinski definition) is 1. The third kappa shape index (κ3) is 4.47. The van der Waals surface area contributed by atoms with Gasteiger partial charge in [-0.25, -0.2) is 0 Å². The molecule has 0 bridgehead atoms. The van der Waals surface area contributed by atoms with E-state index < -0.39 is 6.10 Å². The second kappa shape index (κ2) is 8.11. The molecule has 3 nitrogen and oxygen atoms in total. The Morgan fingerprint density at radius 1 is 1.20 bits per heavy atom. The summed E-state index contributed by atoms with van der Waals surface area (Å²) in [5.74, 6) is 0.656. The van der Waals surface area contributed by atoms with Crippen LogP contribution in [0.5, 0.6) is 5.75 Å². The minimum absolute atomic E-state index is 0.167. The number of benzene rings is 2. The van der Waals surface area contributed by atoms with Gasteiger partial charge in [0, 0.05) is 16.6 Å². The first kappa shape index (κ1) is 18.1. The molecule has 0 unspecified atom stereocenters. The quantitative estimate of drug-likeness (QED) is 0.799. The van der Waals surface area contributed by atoms with Crippen LogP contribution in [0.15, 0.2) is 36.4 Å². The summed E-state index contributed by atoms with van der Waals surface area (Å²) < 4.78 is 5.95.